The molecule has 23 heavy (non-hydrogen) atoms. The fourth-order valence-electron chi connectivity index (χ4n) is 2.20. The second kappa shape index (κ2) is 5.99. The third-order valence-electron chi connectivity index (χ3n) is 3.25. The summed E-state index contributed by atoms with van der Waals surface area (Å²) in [6.07, 6.45) is 1.26. The van der Waals surface area contributed by atoms with Crippen molar-refractivity contribution >= 4 is 28.6 Å². The number of rotatable bonds is 4. The largest absolute Gasteiger partial charge is 0.461 e. The van der Waals surface area contributed by atoms with Crippen LogP contribution in [0, 0.1) is 5.82 Å². The summed E-state index contributed by atoms with van der Waals surface area (Å²) in [7, 11) is 1.63. The quantitative estimate of drug-likeness (QED) is 0.684. The molecule has 0 amide bonds. The van der Waals surface area contributed by atoms with E-state index >= 15 is 0 Å². The molecule has 1 aromatic carbocycles. The molecule has 0 bridgehead atoms. The van der Waals surface area contributed by atoms with E-state index in [1.165, 1.54) is 17.3 Å². The van der Waals surface area contributed by atoms with Gasteiger partial charge in [0.15, 0.2) is 0 Å². The second-order valence-corrected chi connectivity index (χ2v) is 4.64. The van der Waals surface area contributed by atoms with Gasteiger partial charge in [-0.2, -0.15) is 4.98 Å². The Labute approximate surface area is 130 Å². The number of halogens is 1. The van der Waals surface area contributed by atoms with E-state index in [4.69, 9.17) is 9.26 Å². The predicted octanol–water partition coefficient (Wildman–Crippen LogP) is 2.70. The number of anilines is 2. The van der Waals surface area contributed by atoms with Gasteiger partial charge in [0.1, 0.15) is 23.3 Å². The standard InChI is InChI=1S/C15H13FN4O3/c1-3-22-15(21)12-11-13(17-8-18-14(11)23-19-12)20(2)10-7-5-4-6-9(10)16/h4-8H,3H2,1-2H3. The number of para-hydroxylation sites is 1. The van der Waals surface area contributed by atoms with Crippen LogP contribution in [0.25, 0.3) is 11.1 Å². The molecule has 2 heterocycles. The molecule has 0 spiro atoms. The van der Waals surface area contributed by atoms with Crippen LogP contribution in [0.2, 0.25) is 0 Å². The van der Waals surface area contributed by atoms with E-state index in [0.29, 0.717) is 11.5 Å². The molecule has 0 aliphatic rings. The minimum absolute atomic E-state index is 0.0411. The van der Waals surface area contributed by atoms with Crippen LogP contribution in [0.15, 0.2) is 35.1 Å². The number of esters is 1. The van der Waals surface area contributed by atoms with Gasteiger partial charge >= 0.3 is 5.97 Å². The van der Waals surface area contributed by atoms with Crippen molar-refractivity contribution in [2.75, 3.05) is 18.6 Å². The van der Waals surface area contributed by atoms with Crippen molar-refractivity contribution in [1.29, 1.82) is 0 Å². The Kier molecular flexibility index (Phi) is 3.88. The monoisotopic (exact) mass is 316 g/mol. The van der Waals surface area contributed by atoms with Crippen LogP contribution in [-0.4, -0.2) is 34.7 Å². The van der Waals surface area contributed by atoms with Crippen LogP contribution < -0.4 is 4.90 Å². The molecule has 3 rings (SSSR count). The Balaban J connectivity index is 2.16. The van der Waals surface area contributed by atoms with Gasteiger partial charge in [-0.3, -0.25) is 0 Å². The first-order valence-corrected chi connectivity index (χ1v) is 6.89. The Bertz CT molecular complexity index is 865. The number of ether oxygens (including phenoxy) is 1. The highest BCUT2D eigenvalue weighted by Gasteiger charge is 2.24. The minimum atomic E-state index is -0.649. The predicted molar refractivity (Wildman–Crippen MR) is 80.0 cm³/mol. The maximum Gasteiger partial charge on any atom is 0.361 e. The molecule has 0 aliphatic carbocycles. The van der Waals surface area contributed by atoms with Crippen LogP contribution in [0.4, 0.5) is 15.9 Å². The normalized spacial score (nSPS) is 10.7. The summed E-state index contributed by atoms with van der Waals surface area (Å²) in [5.41, 5.74) is 0.380. The molecule has 0 aliphatic heterocycles. The Morgan fingerprint density at radius 3 is 2.87 bits per heavy atom. The Morgan fingerprint density at radius 2 is 2.13 bits per heavy atom. The van der Waals surface area contributed by atoms with Gasteiger partial charge in [-0.05, 0) is 19.1 Å². The van der Waals surface area contributed by atoms with E-state index in [1.54, 1.807) is 32.2 Å². The lowest BCUT2D eigenvalue weighted by Gasteiger charge is -2.19. The van der Waals surface area contributed by atoms with Crippen molar-refractivity contribution < 1.29 is 18.4 Å². The third-order valence-corrected chi connectivity index (χ3v) is 3.25. The van der Waals surface area contributed by atoms with Crippen molar-refractivity contribution in [2.24, 2.45) is 0 Å². The molecule has 2 aromatic heterocycles. The summed E-state index contributed by atoms with van der Waals surface area (Å²) in [6, 6.07) is 6.23. The summed E-state index contributed by atoms with van der Waals surface area (Å²) in [5.74, 6) is -0.774. The van der Waals surface area contributed by atoms with E-state index in [2.05, 4.69) is 15.1 Å². The molecular weight excluding hydrogens is 303 g/mol. The number of hydrogen-bond acceptors (Lipinski definition) is 7. The summed E-state index contributed by atoms with van der Waals surface area (Å²) in [4.78, 5) is 21.6. The highest BCUT2D eigenvalue weighted by atomic mass is 19.1. The summed E-state index contributed by atoms with van der Waals surface area (Å²) in [5, 5.41) is 3.98. The summed E-state index contributed by atoms with van der Waals surface area (Å²) < 4.78 is 24.0. The fourth-order valence-corrected chi connectivity index (χ4v) is 2.20. The lowest BCUT2D eigenvalue weighted by Crippen LogP contribution is -2.15. The van der Waals surface area contributed by atoms with Gasteiger partial charge in [0, 0.05) is 7.05 Å². The zero-order valence-electron chi connectivity index (χ0n) is 12.5. The zero-order chi connectivity index (χ0) is 16.4. The molecule has 0 unspecified atom stereocenters. The number of hydrogen-bond donors (Lipinski definition) is 0. The van der Waals surface area contributed by atoms with Crippen LogP contribution >= 0.6 is 0 Å². The van der Waals surface area contributed by atoms with E-state index < -0.39 is 11.8 Å². The first-order chi connectivity index (χ1) is 11.1. The SMILES string of the molecule is CCOC(=O)c1noc2ncnc(N(C)c3ccccc3F)c12. The lowest BCUT2D eigenvalue weighted by molar-refractivity contribution is 0.0517. The fraction of sp³-hybridized carbons (Fsp3) is 0.200. The first kappa shape index (κ1) is 14.9. The number of nitrogens with zero attached hydrogens (tertiary/aromatic N) is 4. The van der Waals surface area contributed by atoms with Crippen molar-refractivity contribution in [3.63, 3.8) is 0 Å². The van der Waals surface area contributed by atoms with Gasteiger partial charge in [0.2, 0.25) is 5.69 Å². The maximum absolute atomic E-state index is 14.0. The van der Waals surface area contributed by atoms with Crippen molar-refractivity contribution in [2.45, 2.75) is 6.92 Å². The maximum atomic E-state index is 14.0. The van der Waals surface area contributed by atoms with Gasteiger partial charge in [-0.15, -0.1) is 0 Å². The Morgan fingerprint density at radius 1 is 1.35 bits per heavy atom. The zero-order valence-corrected chi connectivity index (χ0v) is 12.5. The highest BCUT2D eigenvalue weighted by molar-refractivity contribution is 6.05. The molecule has 7 nitrogen and oxygen atoms in total. The third kappa shape index (κ3) is 2.59. The van der Waals surface area contributed by atoms with Crippen molar-refractivity contribution in [3.05, 3.63) is 42.1 Å². The topological polar surface area (TPSA) is 81.3 Å². The number of carbonyl (C=O) groups excluding carboxylic acids is 1. The molecule has 0 saturated heterocycles. The lowest BCUT2D eigenvalue weighted by atomic mass is 10.2. The van der Waals surface area contributed by atoms with Gasteiger partial charge in [0.25, 0.3) is 5.71 Å². The number of carbonyl (C=O) groups is 1. The molecule has 0 N–H and O–H groups in total. The highest BCUT2D eigenvalue weighted by Crippen LogP contribution is 2.31. The number of benzene rings is 1. The number of fused-ring (bicyclic) bond motifs is 1. The van der Waals surface area contributed by atoms with Gasteiger partial charge in [0.05, 0.1) is 12.3 Å². The van der Waals surface area contributed by atoms with Crippen molar-refractivity contribution in [3.8, 4) is 0 Å². The van der Waals surface area contributed by atoms with E-state index in [1.807, 2.05) is 0 Å². The van der Waals surface area contributed by atoms with Gasteiger partial charge < -0.3 is 14.2 Å². The van der Waals surface area contributed by atoms with Gasteiger partial charge in [-0.1, -0.05) is 17.3 Å². The van der Waals surface area contributed by atoms with Crippen LogP contribution in [0.1, 0.15) is 17.4 Å². The number of aromatic nitrogens is 3. The average Bonchev–Trinajstić information content (AvgIpc) is 2.99. The summed E-state index contributed by atoms with van der Waals surface area (Å²) in [6.45, 7) is 1.88. The molecular formula is C15H13FN4O3. The van der Waals surface area contributed by atoms with E-state index in [9.17, 15) is 9.18 Å². The van der Waals surface area contributed by atoms with Crippen molar-refractivity contribution in [1.82, 2.24) is 15.1 Å². The average molecular weight is 316 g/mol. The molecule has 0 radical (unpaired) electrons. The molecule has 8 heteroatoms. The molecule has 0 atom stereocenters. The van der Waals surface area contributed by atoms with Crippen LogP contribution in [0.5, 0.6) is 0 Å². The smallest absolute Gasteiger partial charge is 0.361 e. The summed E-state index contributed by atoms with van der Waals surface area (Å²) >= 11 is 0. The Hall–Kier alpha value is -3.03. The molecule has 3 aromatic rings. The first-order valence-electron chi connectivity index (χ1n) is 6.89. The van der Waals surface area contributed by atoms with Crippen LogP contribution in [0.3, 0.4) is 0 Å². The molecule has 0 fully saturated rings. The molecule has 0 saturated carbocycles. The van der Waals surface area contributed by atoms with Gasteiger partial charge in [-0.25, -0.2) is 14.2 Å². The second-order valence-electron chi connectivity index (χ2n) is 4.64. The minimum Gasteiger partial charge on any atom is -0.461 e. The van der Waals surface area contributed by atoms with E-state index in [-0.39, 0.29) is 23.4 Å². The van der Waals surface area contributed by atoms with E-state index in [0.717, 1.165) is 0 Å². The van der Waals surface area contributed by atoms with Crippen LogP contribution in [-0.2, 0) is 4.74 Å². The molecule has 118 valence electrons.